The first kappa shape index (κ1) is 34.2. The Hall–Kier alpha value is -2.69. The van der Waals surface area contributed by atoms with Gasteiger partial charge in [0.25, 0.3) is 0 Å². The Bertz CT molecular complexity index is 1480. The number of benzene rings is 1. The van der Waals surface area contributed by atoms with Crippen molar-refractivity contribution >= 4 is 11.9 Å². The molecule has 2 bridgehead atoms. The summed E-state index contributed by atoms with van der Waals surface area (Å²) in [6, 6.07) is 4.65. The summed E-state index contributed by atoms with van der Waals surface area (Å²) >= 11 is 0. The number of aliphatic hydroxyl groups excluding tert-OH is 1. The first-order valence-corrected chi connectivity index (χ1v) is 17.1. The van der Waals surface area contributed by atoms with Crippen molar-refractivity contribution in [2.75, 3.05) is 33.4 Å². The number of fused-ring (bicyclic) bond motifs is 1. The molecule has 6 aliphatic carbocycles. The number of ether oxygens (including phenoxy) is 2. The van der Waals surface area contributed by atoms with Gasteiger partial charge < -0.3 is 24.6 Å². The lowest BCUT2D eigenvalue weighted by Gasteiger charge is -2.71. The van der Waals surface area contributed by atoms with Crippen LogP contribution in [0.4, 0.5) is 18.0 Å². The molecule has 6 aliphatic rings. The largest absolute Gasteiger partial charge is 0.450 e. The van der Waals surface area contributed by atoms with Crippen molar-refractivity contribution < 1.29 is 42.4 Å². The minimum atomic E-state index is -4.60. The van der Waals surface area contributed by atoms with E-state index in [-0.39, 0.29) is 36.0 Å². The van der Waals surface area contributed by atoms with E-state index in [0.29, 0.717) is 63.7 Å². The van der Waals surface area contributed by atoms with Crippen LogP contribution in [0.2, 0.25) is 0 Å². The van der Waals surface area contributed by atoms with Gasteiger partial charge in [0.2, 0.25) is 0 Å². The van der Waals surface area contributed by atoms with E-state index in [0.717, 1.165) is 18.6 Å². The fraction of sp³-hybridized carbons (Fsp3) is 0.676. The van der Waals surface area contributed by atoms with Crippen molar-refractivity contribution in [3.63, 3.8) is 0 Å². The van der Waals surface area contributed by atoms with Crippen LogP contribution < -0.4 is 0 Å². The van der Waals surface area contributed by atoms with Gasteiger partial charge in [-0.05, 0) is 87.7 Å². The molecule has 1 amide bonds. The van der Waals surface area contributed by atoms with Crippen molar-refractivity contribution in [1.82, 2.24) is 4.90 Å². The van der Waals surface area contributed by atoms with Gasteiger partial charge in [-0.25, -0.2) is 4.79 Å². The van der Waals surface area contributed by atoms with Gasteiger partial charge in [0.15, 0.2) is 5.78 Å². The van der Waals surface area contributed by atoms with Crippen LogP contribution in [0, 0.1) is 33.5 Å². The summed E-state index contributed by atoms with van der Waals surface area (Å²) in [7, 11) is 1.60. The molecule has 2 spiro atoms. The third kappa shape index (κ3) is 5.02. The number of nitrogens with zero attached hydrogens (tertiary/aromatic N) is 1. The number of aliphatic hydroxyl groups is 2. The van der Waals surface area contributed by atoms with Gasteiger partial charge in [-0.2, -0.15) is 13.2 Å². The molecule has 0 heterocycles. The smallest absolute Gasteiger partial charge is 0.416 e. The minimum absolute atomic E-state index is 0.00876. The van der Waals surface area contributed by atoms with E-state index in [1.165, 1.54) is 12.1 Å². The van der Waals surface area contributed by atoms with Gasteiger partial charge in [0, 0.05) is 47.6 Å². The van der Waals surface area contributed by atoms with Crippen LogP contribution in [0.15, 0.2) is 48.1 Å². The van der Waals surface area contributed by atoms with Gasteiger partial charge in [-0.3, -0.25) is 4.79 Å². The van der Waals surface area contributed by atoms with E-state index in [4.69, 9.17) is 9.47 Å². The molecule has 1 aromatic rings. The maximum absolute atomic E-state index is 14.6. The number of carbonyl (C=O) groups is 2. The highest BCUT2D eigenvalue weighted by molar-refractivity contribution is 6.10. The van der Waals surface area contributed by atoms with Crippen LogP contribution in [0.3, 0.4) is 0 Å². The second-order valence-corrected chi connectivity index (χ2v) is 15.2. The molecular weight excluding hydrogens is 611 g/mol. The van der Waals surface area contributed by atoms with E-state index < -0.39 is 51.6 Å². The number of halogens is 3. The summed E-state index contributed by atoms with van der Waals surface area (Å²) in [5.41, 5.74) is -4.11. The molecule has 0 saturated heterocycles. The fourth-order valence-corrected chi connectivity index (χ4v) is 10.8. The topological polar surface area (TPSA) is 96.3 Å². The molecule has 8 unspecified atom stereocenters. The highest BCUT2D eigenvalue weighted by Crippen LogP contribution is 2.78. The zero-order chi connectivity index (χ0) is 34.0. The molecule has 3 saturated carbocycles. The molecule has 47 heavy (non-hydrogen) atoms. The van der Waals surface area contributed by atoms with Crippen molar-refractivity contribution in [2.45, 2.75) is 90.0 Å². The first-order chi connectivity index (χ1) is 22.1. The lowest BCUT2D eigenvalue weighted by Crippen LogP contribution is -2.67. The Morgan fingerprint density at radius 3 is 2.45 bits per heavy atom. The standard InChI is InChI=1S/C37H48F3NO6/c1-5-47-31(44)41(18-7-19-46-4)23-35(45)15-12-29-33(35,3)14-11-28-32(2)13-10-26(42)21-34(32)16-17-36(28,29)27(22-34)30(43)24-8-6-9-25(20-24)37(38,39)40/h6,8-9,16-17,20,22,26,28-29,42,45H,5,7,10-15,18-19,21,23H2,1-4H3. The third-order valence-electron chi connectivity index (χ3n) is 13.2. The molecule has 0 aliphatic heterocycles. The third-order valence-corrected chi connectivity index (χ3v) is 13.2. The first-order valence-electron chi connectivity index (χ1n) is 17.1. The zero-order valence-corrected chi connectivity index (χ0v) is 27.9. The Morgan fingerprint density at radius 2 is 1.74 bits per heavy atom. The van der Waals surface area contributed by atoms with Gasteiger partial charge in [0.1, 0.15) is 0 Å². The van der Waals surface area contributed by atoms with E-state index in [1.807, 2.05) is 6.08 Å². The van der Waals surface area contributed by atoms with Crippen LogP contribution in [0.25, 0.3) is 0 Å². The van der Waals surface area contributed by atoms with Crippen molar-refractivity contribution in [2.24, 2.45) is 33.5 Å². The van der Waals surface area contributed by atoms with Crippen LogP contribution >= 0.6 is 0 Å². The molecule has 7 nitrogen and oxygen atoms in total. The predicted octanol–water partition coefficient (Wildman–Crippen LogP) is 6.97. The van der Waals surface area contributed by atoms with Gasteiger partial charge >= 0.3 is 12.3 Å². The number of ketones is 1. The Labute approximate surface area is 275 Å². The Kier molecular flexibility index (Phi) is 8.53. The molecule has 258 valence electrons. The summed E-state index contributed by atoms with van der Waals surface area (Å²) < 4.78 is 51.9. The van der Waals surface area contributed by atoms with Gasteiger partial charge in [0.05, 0.1) is 30.4 Å². The number of carbonyl (C=O) groups excluding carboxylic acids is 2. The molecule has 3 fully saturated rings. The number of allylic oxidation sites excluding steroid dienone is 4. The Morgan fingerprint density at radius 1 is 1.04 bits per heavy atom. The number of amides is 1. The molecule has 7 rings (SSSR count). The van der Waals surface area contributed by atoms with Crippen LogP contribution in [-0.2, 0) is 15.7 Å². The number of alkyl halides is 3. The summed E-state index contributed by atoms with van der Waals surface area (Å²) in [5.74, 6) is -0.647. The molecular formula is C37H48F3NO6. The average molecular weight is 660 g/mol. The van der Waals surface area contributed by atoms with Gasteiger partial charge in [-0.15, -0.1) is 0 Å². The SMILES string of the molecule is CCOC(=O)N(CCCOC)CC1(O)CCC2C34C=CC5(C=C3C(=O)c3cccc(C(F)(F)F)c3)CC(O)CCC5(C)C4CCC21C. The second kappa shape index (κ2) is 11.7. The van der Waals surface area contributed by atoms with Crippen LogP contribution in [0.5, 0.6) is 0 Å². The predicted molar refractivity (Wildman–Crippen MR) is 169 cm³/mol. The Balaban J connectivity index is 1.45. The van der Waals surface area contributed by atoms with Crippen molar-refractivity contribution in [3.05, 3.63) is 59.2 Å². The van der Waals surface area contributed by atoms with Crippen molar-refractivity contribution in [3.8, 4) is 0 Å². The van der Waals surface area contributed by atoms with Crippen molar-refractivity contribution in [1.29, 1.82) is 0 Å². The fourth-order valence-electron chi connectivity index (χ4n) is 10.8. The van der Waals surface area contributed by atoms with E-state index >= 15 is 0 Å². The monoisotopic (exact) mass is 659 g/mol. The number of Topliss-reactive ketones (excluding diaryl/α,β-unsaturated/α-hetero) is 1. The highest BCUT2D eigenvalue weighted by Gasteiger charge is 2.74. The van der Waals surface area contributed by atoms with Crippen LogP contribution in [-0.4, -0.2) is 72.1 Å². The molecule has 0 radical (unpaired) electrons. The molecule has 1 aromatic carbocycles. The van der Waals surface area contributed by atoms with Gasteiger partial charge in [-0.1, -0.05) is 44.2 Å². The normalized spacial score (nSPS) is 38.7. The maximum Gasteiger partial charge on any atom is 0.416 e. The van der Waals surface area contributed by atoms with Crippen LogP contribution in [0.1, 0.15) is 88.1 Å². The summed E-state index contributed by atoms with van der Waals surface area (Å²) in [6.45, 7) is 7.14. The number of hydrogen-bond donors (Lipinski definition) is 2. The van der Waals surface area contributed by atoms with E-state index in [9.17, 15) is 33.0 Å². The summed E-state index contributed by atoms with van der Waals surface area (Å²) in [5, 5.41) is 23.5. The zero-order valence-electron chi connectivity index (χ0n) is 27.9. The quantitative estimate of drug-likeness (QED) is 0.169. The lowest BCUT2D eigenvalue weighted by atomic mass is 9.32. The number of methoxy groups -OCH3 is 1. The maximum atomic E-state index is 14.6. The highest BCUT2D eigenvalue weighted by atomic mass is 19.4. The number of hydrogen-bond acceptors (Lipinski definition) is 6. The molecule has 0 aromatic heterocycles. The number of rotatable bonds is 9. The summed E-state index contributed by atoms with van der Waals surface area (Å²) in [4.78, 5) is 29.3. The van der Waals surface area contributed by atoms with E-state index in [2.05, 4.69) is 26.0 Å². The lowest BCUT2D eigenvalue weighted by molar-refractivity contribution is -0.175. The summed E-state index contributed by atoms with van der Waals surface area (Å²) in [6.07, 6.45) is 5.44. The second-order valence-electron chi connectivity index (χ2n) is 15.2. The average Bonchev–Trinajstić information content (AvgIpc) is 3.30. The molecule has 8 atom stereocenters. The van der Waals surface area contributed by atoms with E-state index in [1.54, 1.807) is 18.9 Å². The molecule has 2 N–H and O–H groups in total. The minimum Gasteiger partial charge on any atom is -0.450 e. The molecule has 10 heteroatoms.